The van der Waals surface area contributed by atoms with E-state index >= 15 is 0 Å². The first-order chi connectivity index (χ1) is 17.2. The molecule has 1 aliphatic heterocycles. The normalized spacial score (nSPS) is 16.0. The fourth-order valence-corrected chi connectivity index (χ4v) is 4.65. The molecule has 0 aromatic heterocycles. The molecule has 0 saturated heterocycles. The summed E-state index contributed by atoms with van der Waals surface area (Å²) in [4.78, 5) is 28.8. The van der Waals surface area contributed by atoms with Gasteiger partial charge in [0, 0.05) is 13.0 Å². The molecule has 36 heavy (non-hydrogen) atoms. The topological polar surface area (TPSA) is 67.9 Å². The number of hydrogen-bond acceptors (Lipinski definition) is 4. The van der Waals surface area contributed by atoms with Crippen LogP contribution in [0.15, 0.2) is 78.9 Å². The fraction of sp³-hybridized carbons (Fsp3) is 0.333. The molecule has 0 bridgehead atoms. The van der Waals surface area contributed by atoms with Crippen LogP contribution < -0.4 is 10.1 Å². The van der Waals surface area contributed by atoms with Gasteiger partial charge in [-0.3, -0.25) is 4.79 Å². The van der Waals surface area contributed by atoms with Crippen molar-refractivity contribution in [3.05, 3.63) is 101 Å². The molecule has 1 N–H and O–H groups in total. The van der Waals surface area contributed by atoms with Crippen LogP contribution in [0.3, 0.4) is 0 Å². The highest BCUT2D eigenvalue weighted by Crippen LogP contribution is 2.35. The summed E-state index contributed by atoms with van der Waals surface area (Å²) in [5.41, 5.74) is 3.64. The Labute approximate surface area is 213 Å². The highest BCUT2D eigenvalue weighted by molar-refractivity contribution is 5.87. The van der Waals surface area contributed by atoms with Gasteiger partial charge in [-0.15, -0.1) is 0 Å². The number of ether oxygens (including phenoxy) is 2. The van der Waals surface area contributed by atoms with Gasteiger partial charge in [-0.05, 0) is 61.6 Å². The van der Waals surface area contributed by atoms with Crippen LogP contribution in [0.1, 0.15) is 49.1 Å². The highest BCUT2D eigenvalue weighted by Gasteiger charge is 2.36. The maximum Gasteiger partial charge on any atom is 0.408 e. The Morgan fingerprint density at radius 1 is 0.972 bits per heavy atom. The summed E-state index contributed by atoms with van der Waals surface area (Å²) in [6.45, 7) is 5.98. The van der Waals surface area contributed by atoms with Crippen LogP contribution >= 0.6 is 0 Å². The van der Waals surface area contributed by atoms with E-state index in [1.54, 1.807) is 27.9 Å². The summed E-state index contributed by atoms with van der Waals surface area (Å²) in [6.07, 6.45) is 0.484. The van der Waals surface area contributed by atoms with Crippen molar-refractivity contribution in [1.82, 2.24) is 10.2 Å². The number of carbonyl (C=O) groups is 2. The monoisotopic (exact) mass is 486 g/mol. The van der Waals surface area contributed by atoms with Crippen LogP contribution in [0.5, 0.6) is 5.75 Å². The standard InChI is InChI=1S/C30H34N2O4/c1-30(2,3)36-29(34)31-26(20-21-14-16-24(35-4)17-15-21)28(33)32-19-18-22-10-8-9-13-25(22)27(32)23-11-6-5-7-12-23/h5-17,26-27H,18-20H2,1-4H3,(H,31,34)/t26-,27?/m0/s1. The lowest BCUT2D eigenvalue weighted by Gasteiger charge is -2.39. The number of nitrogens with zero attached hydrogens (tertiary/aromatic N) is 1. The summed E-state index contributed by atoms with van der Waals surface area (Å²) < 4.78 is 10.8. The Morgan fingerprint density at radius 2 is 1.64 bits per heavy atom. The zero-order chi connectivity index (χ0) is 25.7. The zero-order valence-corrected chi connectivity index (χ0v) is 21.4. The van der Waals surface area contributed by atoms with Gasteiger partial charge in [0.1, 0.15) is 17.4 Å². The van der Waals surface area contributed by atoms with Crippen LogP contribution in [-0.4, -0.2) is 42.2 Å². The first kappa shape index (κ1) is 25.3. The second kappa shape index (κ2) is 10.9. The molecule has 1 heterocycles. The van der Waals surface area contributed by atoms with Crippen LogP contribution in [0.2, 0.25) is 0 Å². The zero-order valence-electron chi connectivity index (χ0n) is 21.4. The molecular weight excluding hydrogens is 452 g/mol. The lowest BCUT2D eigenvalue weighted by molar-refractivity contribution is -0.135. The number of alkyl carbamates (subject to hydrolysis) is 1. The van der Waals surface area contributed by atoms with Crippen molar-refractivity contribution in [2.45, 2.75) is 51.3 Å². The predicted octanol–water partition coefficient (Wildman–Crippen LogP) is 5.31. The molecule has 2 atom stereocenters. The van der Waals surface area contributed by atoms with Crippen molar-refractivity contribution in [3.63, 3.8) is 0 Å². The lowest BCUT2D eigenvalue weighted by Crippen LogP contribution is -2.53. The third-order valence-electron chi connectivity index (χ3n) is 6.27. The van der Waals surface area contributed by atoms with E-state index < -0.39 is 17.7 Å². The smallest absolute Gasteiger partial charge is 0.408 e. The maximum absolute atomic E-state index is 14.2. The van der Waals surface area contributed by atoms with Gasteiger partial charge < -0.3 is 19.7 Å². The molecule has 1 aliphatic rings. The third-order valence-corrected chi connectivity index (χ3v) is 6.27. The van der Waals surface area contributed by atoms with Gasteiger partial charge in [0.25, 0.3) is 0 Å². The molecule has 3 aromatic carbocycles. The van der Waals surface area contributed by atoms with E-state index in [2.05, 4.69) is 17.4 Å². The second-order valence-corrected chi connectivity index (χ2v) is 10.0. The van der Waals surface area contributed by atoms with Crippen LogP contribution in [0, 0.1) is 0 Å². The molecule has 188 valence electrons. The number of fused-ring (bicyclic) bond motifs is 1. The van der Waals surface area contributed by atoms with E-state index in [4.69, 9.17) is 9.47 Å². The first-order valence-corrected chi connectivity index (χ1v) is 12.3. The van der Waals surface area contributed by atoms with E-state index in [-0.39, 0.29) is 11.9 Å². The Morgan fingerprint density at radius 3 is 2.31 bits per heavy atom. The summed E-state index contributed by atoms with van der Waals surface area (Å²) in [5, 5.41) is 2.86. The van der Waals surface area contributed by atoms with Gasteiger partial charge in [-0.2, -0.15) is 0 Å². The molecule has 0 saturated carbocycles. The van der Waals surface area contributed by atoms with Crippen molar-refractivity contribution in [1.29, 1.82) is 0 Å². The number of nitrogens with one attached hydrogen (secondary N) is 1. The lowest BCUT2D eigenvalue weighted by atomic mass is 9.87. The molecule has 4 rings (SSSR count). The van der Waals surface area contributed by atoms with Crippen LogP contribution in [-0.2, 0) is 22.4 Å². The molecule has 0 spiro atoms. The number of rotatable bonds is 6. The molecule has 1 unspecified atom stereocenters. The van der Waals surface area contributed by atoms with Crippen molar-refractivity contribution in [2.24, 2.45) is 0 Å². The minimum absolute atomic E-state index is 0.139. The van der Waals surface area contributed by atoms with E-state index in [0.717, 1.165) is 28.9 Å². The van der Waals surface area contributed by atoms with E-state index in [1.165, 1.54) is 5.56 Å². The number of benzene rings is 3. The molecular formula is C30H34N2O4. The Hall–Kier alpha value is -3.80. The van der Waals surface area contributed by atoms with Crippen molar-refractivity contribution < 1.29 is 19.1 Å². The quantitative estimate of drug-likeness (QED) is 0.513. The predicted molar refractivity (Wildman–Crippen MR) is 140 cm³/mol. The molecule has 6 nitrogen and oxygen atoms in total. The van der Waals surface area contributed by atoms with Gasteiger partial charge in [-0.25, -0.2) is 4.79 Å². The number of carbonyl (C=O) groups excluding carboxylic acids is 2. The minimum atomic E-state index is -0.787. The molecule has 0 fully saturated rings. The van der Waals surface area contributed by atoms with E-state index in [1.807, 2.05) is 71.6 Å². The van der Waals surface area contributed by atoms with Gasteiger partial charge in [0.2, 0.25) is 5.91 Å². The molecule has 6 heteroatoms. The third kappa shape index (κ3) is 6.06. The number of amides is 2. The summed E-state index contributed by atoms with van der Waals surface area (Å²) >= 11 is 0. The number of methoxy groups -OCH3 is 1. The average Bonchev–Trinajstić information content (AvgIpc) is 2.87. The minimum Gasteiger partial charge on any atom is -0.497 e. The fourth-order valence-electron chi connectivity index (χ4n) is 4.65. The highest BCUT2D eigenvalue weighted by atomic mass is 16.6. The Balaban J connectivity index is 1.67. The Bertz CT molecular complexity index is 1190. The van der Waals surface area contributed by atoms with Crippen molar-refractivity contribution >= 4 is 12.0 Å². The number of hydrogen-bond donors (Lipinski definition) is 1. The van der Waals surface area contributed by atoms with Crippen molar-refractivity contribution in [2.75, 3.05) is 13.7 Å². The van der Waals surface area contributed by atoms with Gasteiger partial charge >= 0.3 is 6.09 Å². The van der Waals surface area contributed by atoms with Crippen LogP contribution in [0.4, 0.5) is 4.79 Å². The Kier molecular flexibility index (Phi) is 7.63. The van der Waals surface area contributed by atoms with E-state index in [9.17, 15) is 9.59 Å². The van der Waals surface area contributed by atoms with Gasteiger partial charge in [0.15, 0.2) is 0 Å². The molecule has 3 aromatic rings. The van der Waals surface area contributed by atoms with Gasteiger partial charge in [-0.1, -0.05) is 66.7 Å². The summed E-state index contributed by atoms with van der Waals surface area (Å²) in [7, 11) is 1.61. The summed E-state index contributed by atoms with van der Waals surface area (Å²) in [6, 6.07) is 24.8. The summed E-state index contributed by atoms with van der Waals surface area (Å²) in [5.74, 6) is 0.596. The SMILES string of the molecule is COc1ccc(C[C@H](NC(=O)OC(C)(C)C)C(=O)N2CCc3ccccc3C2c2ccccc2)cc1. The van der Waals surface area contributed by atoms with Gasteiger partial charge in [0.05, 0.1) is 13.2 Å². The van der Waals surface area contributed by atoms with Crippen LogP contribution in [0.25, 0.3) is 0 Å². The molecule has 0 aliphatic carbocycles. The maximum atomic E-state index is 14.2. The van der Waals surface area contributed by atoms with Crippen molar-refractivity contribution in [3.8, 4) is 5.75 Å². The first-order valence-electron chi connectivity index (χ1n) is 12.3. The van der Waals surface area contributed by atoms with E-state index in [0.29, 0.717) is 13.0 Å². The molecule has 0 radical (unpaired) electrons. The largest absolute Gasteiger partial charge is 0.497 e. The molecule has 2 amide bonds. The average molecular weight is 487 g/mol. The second-order valence-electron chi connectivity index (χ2n) is 10.0.